The van der Waals surface area contributed by atoms with E-state index < -0.39 is 6.04 Å². The van der Waals surface area contributed by atoms with Gasteiger partial charge in [-0.1, -0.05) is 52.7 Å². The van der Waals surface area contributed by atoms with Crippen molar-refractivity contribution in [1.82, 2.24) is 0 Å². The SMILES string of the molecule is CCCOc1ccc(C2c3c(oc4ccc(Br)cc4c3=O)C(=O)N2c2ccc(C)c(Cl)c2)cc1. The number of anilines is 1. The Kier molecular flexibility index (Phi) is 5.96. The molecule has 1 unspecified atom stereocenters. The number of hydrogen-bond donors (Lipinski definition) is 0. The summed E-state index contributed by atoms with van der Waals surface area (Å²) in [5, 5.41) is 0.953. The molecule has 172 valence electrons. The zero-order valence-electron chi connectivity index (χ0n) is 18.6. The molecule has 1 aliphatic rings. The van der Waals surface area contributed by atoms with Crippen LogP contribution in [0.25, 0.3) is 11.0 Å². The molecule has 1 aliphatic heterocycles. The van der Waals surface area contributed by atoms with Crippen LogP contribution in [0.1, 0.15) is 46.6 Å². The molecule has 4 aromatic rings. The lowest BCUT2D eigenvalue weighted by molar-refractivity contribution is 0.0971. The minimum absolute atomic E-state index is 0.0489. The highest BCUT2D eigenvalue weighted by molar-refractivity contribution is 9.10. The third-order valence-electron chi connectivity index (χ3n) is 5.93. The zero-order valence-corrected chi connectivity index (χ0v) is 20.9. The molecule has 0 spiro atoms. The van der Waals surface area contributed by atoms with Crippen LogP contribution in [-0.4, -0.2) is 12.5 Å². The molecular weight excluding hydrogens is 518 g/mol. The number of fused-ring (bicyclic) bond motifs is 2. The number of carbonyl (C=O) groups excluding carboxylic acids is 1. The lowest BCUT2D eigenvalue weighted by Gasteiger charge is -2.26. The van der Waals surface area contributed by atoms with Crippen molar-refractivity contribution in [2.75, 3.05) is 11.5 Å². The van der Waals surface area contributed by atoms with Crippen LogP contribution >= 0.6 is 27.5 Å². The highest BCUT2D eigenvalue weighted by Gasteiger charge is 2.43. The van der Waals surface area contributed by atoms with E-state index in [-0.39, 0.29) is 17.1 Å². The minimum Gasteiger partial charge on any atom is -0.494 e. The van der Waals surface area contributed by atoms with Gasteiger partial charge in [-0.15, -0.1) is 0 Å². The van der Waals surface area contributed by atoms with E-state index in [1.165, 1.54) is 0 Å². The van der Waals surface area contributed by atoms with Crippen LogP contribution in [0.4, 0.5) is 5.69 Å². The van der Waals surface area contributed by atoms with Gasteiger partial charge in [-0.05, 0) is 66.9 Å². The molecule has 0 fully saturated rings. The van der Waals surface area contributed by atoms with Crippen LogP contribution in [0.2, 0.25) is 5.02 Å². The predicted molar refractivity (Wildman–Crippen MR) is 137 cm³/mol. The monoisotopic (exact) mass is 537 g/mol. The van der Waals surface area contributed by atoms with E-state index in [0.717, 1.165) is 27.8 Å². The second-order valence-corrected chi connectivity index (χ2v) is 9.57. The van der Waals surface area contributed by atoms with Crippen molar-refractivity contribution < 1.29 is 13.9 Å². The van der Waals surface area contributed by atoms with Crippen LogP contribution in [0.5, 0.6) is 5.75 Å². The minimum atomic E-state index is -0.666. The van der Waals surface area contributed by atoms with E-state index in [1.807, 2.05) is 50.2 Å². The Morgan fingerprint density at radius 1 is 1.06 bits per heavy atom. The van der Waals surface area contributed by atoms with Gasteiger partial charge in [-0.25, -0.2) is 0 Å². The van der Waals surface area contributed by atoms with Gasteiger partial charge in [0.15, 0.2) is 5.43 Å². The lowest BCUT2D eigenvalue weighted by atomic mass is 9.98. The first kappa shape index (κ1) is 22.7. The summed E-state index contributed by atoms with van der Waals surface area (Å²) in [5.41, 5.74) is 2.71. The largest absolute Gasteiger partial charge is 0.494 e. The predicted octanol–water partition coefficient (Wildman–Crippen LogP) is 7.06. The molecule has 0 saturated carbocycles. The molecule has 5 nitrogen and oxygen atoms in total. The van der Waals surface area contributed by atoms with Gasteiger partial charge in [0, 0.05) is 15.2 Å². The number of carbonyl (C=O) groups is 1. The van der Waals surface area contributed by atoms with Gasteiger partial charge < -0.3 is 9.15 Å². The van der Waals surface area contributed by atoms with Crippen molar-refractivity contribution in [1.29, 1.82) is 0 Å². The number of halogens is 2. The molecule has 0 saturated heterocycles. The summed E-state index contributed by atoms with van der Waals surface area (Å²) >= 11 is 9.83. The molecule has 1 amide bonds. The van der Waals surface area contributed by atoms with Gasteiger partial charge in [-0.2, -0.15) is 0 Å². The number of aryl methyl sites for hydroxylation is 1. The average molecular weight is 539 g/mol. The molecule has 34 heavy (non-hydrogen) atoms. The first-order valence-electron chi connectivity index (χ1n) is 11.0. The van der Waals surface area contributed by atoms with E-state index in [9.17, 15) is 9.59 Å². The van der Waals surface area contributed by atoms with Crippen LogP contribution in [-0.2, 0) is 0 Å². The maximum atomic E-state index is 13.7. The first-order chi connectivity index (χ1) is 16.4. The smallest absolute Gasteiger partial charge is 0.295 e. The van der Waals surface area contributed by atoms with Gasteiger partial charge in [0.25, 0.3) is 5.91 Å². The van der Waals surface area contributed by atoms with Crippen molar-refractivity contribution in [2.24, 2.45) is 0 Å². The fraction of sp³-hybridized carbons (Fsp3) is 0.185. The lowest BCUT2D eigenvalue weighted by Crippen LogP contribution is -2.29. The summed E-state index contributed by atoms with van der Waals surface area (Å²) in [4.78, 5) is 28.9. The first-order valence-corrected chi connectivity index (χ1v) is 12.1. The zero-order chi connectivity index (χ0) is 24.0. The molecule has 1 aromatic heterocycles. The highest BCUT2D eigenvalue weighted by atomic mass is 79.9. The number of hydrogen-bond acceptors (Lipinski definition) is 4. The van der Waals surface area contributed by atoms with E-state index in [2.05, 4.69) is 15.9 Å². The number of benzene rings is 3. The molecule has 0 aliphatic carbocycles. The Morgan fingerprint density at radius 2 is 1.82 bits per heavy atom. The molecule has 0 bridgehead atoms. The number of rotatable bonds is 5. The van der Waals surface area contributed by atoms with Gasteiger partial charge >= 0.3 is 0 Å². The molecule has 0 N–H and O–H groups in total. The standard InChI is InChI=1S/C27H21BrClNO4/c1-3-12-33-19-9-5-16(6-10-19)24-23-25(31)20-13-17(28)7-11-22(20)34-26(23)27(32)30(24)18-8-4-15(2)21(29)14-18/h4-11,13-14,24H,3,12H2,1-2H3. The quantitative estimate of drug-likeness (QED) is 0.273. The van der Waals surface area contributed by atoms with Crippen molar-refractivity contribution in [3.63, 3.8) is 0 Å². The summed E-state index contributed by atoms with van der Waals surface area (Å²) < 4.78 is 12.5. The number of amides is 1. The Hall–Kier alpha value is -3.09. The van der Waals surface area contributed by atoms with E-state index >= 15 is 0 Å². The second-order valence-electron chi connectivity index (χ2n) is 8.24. The molecular formula is C27H21BrClNO4. The summed E-state index contributed by atoms with van der Waals surface area (Å²) in [6.07, 6.45) is 0.901. The van der Waals surface area contributed by atoms with Crippen molar-refractivity contribution >= 4 is 50.1 Å². The maximum Gasteiger partial charge on any atom is 0.295 e. The molecule has 0 radical (unpaired) electrons. The fourth-order valence-electron chi connectivity index (χ4n) is 4.22. The van der Waals surface area contributed by atoms with Gasteiger partial charge in [0.05, 0.1) is 23.6 Å². The van der Waals surface area contributed by atoms with Gasteiger partial charge in [0.1, 0.15) is 11.3 Å². The van der Waals surface area contributed by atoms with Crippen molar-refractivity contribution in [3.05, 3.63) is 103 Å². The van der Waals surface area contributed by atoms with Gasteiger partial charge in [-0.3, -0.25) is 14.5 Å². The maximum absolute atomic E-state index is 13.7. The normalized spacial score (nSPS) is 15.1. The third kappa shape index (κ3) is 3.81. The van der Waals surface area contributed by atoms with Crippen LogP contribution in [0.3, 0.4) is 0 Å². The Labute approximate surface area is 210 Å². The topological polar surface area (TPSA) is 59.8 Å². The van der Waals surface area contributed by atoms with E-state index in [4.69, 9.17) is 20.8 Å². The number of ether oxygens (including phenoxy) is 1. The summed E-state index contributed by atoms with van der Waals surface area (Å²) in [6, 6.07) is 17.4. The molecule has 7 heteroatoms. The van der Waals surface area contributed by atoms with E-state index in [0.29, 0.717) is 33.8 Å². The Morgan fingerprint density at radius 3 is 2.53 bits per heavy atom. The average Bonchev–Trinajstić information content (AvgIpc) is 3.13. The van der Waals surface area contributed by atoms with Crippen LogP contribution < -0.4 is 15.1 Å². The Balaban J connectivity index is 1.73. The number of nitrogens with zero attached hydrogens (tertiary/aromatic N) is 1. The molecule has 2 heterocycles. The summed E-state index contributed by atoms with van der Waals surface area (Å²) in [7, 11) is 0. The molecule has 5 rings (SSSR count). The van der Waals surface area contributed by atoms with Crippen LogP contribution in [0, 0.1) is 6.92 Å². The van der Waals surface area contributed by atoms with Crippen molar-refractivity contribution in [2.45, 2.75) is 26.3 Å². The molecule has 3 aromatic carbocycles. The summed E-state index contributed by atoms with van der Waals surface area (Å²) in [6.45, 7) is 4.55. The Bertz CT molecular complexity index is 1480. The van der Waals surface area contributed by atoms with Gasteiger partial charge in [0.2, 0.25) is 5.76 Å². The van der Waals surface area contributed by atoms with Crippen molar-refractivity contribution in [3.8, 4) is 5.75 Å². The van der Waals surface area contributed by atoms with Crippen LogP contribution in [0.15, 0.2) is 74.3 Å². The van der Waals surface area contributed by atoms with E-state index in [1.54, 1.807) is 29.2 Å². The highest BCUT2D eigenvalue weighted by Crippen LogP contribution is 2.42. The second kappa shape index (κ2) is 8.93. The fourth-order valence-corrected chi connectivity index (χ4v) is 4.76. The summed E-state index contributed by atoms with van der Waals surface area (Å²) in [5.74, 6) is 0.399. The third-order valence-corrected chi connectivity index (χ3v) is 6.83. The molecule has 1 atom stereocenters.